The van der Waals surface area contributed by atoms with E-state index in [0.29, 0.717) is 6.42 Å². The highest BCUT2D eigenvalue weighted by Crippen LogP contribution is 2.43. The molecule has 1 rings (SSSR count). The maximum absolute atomic E-state index is 14.0. The highest BCUT2D eigenvalue weighted by Gasteiger charge is 2.51. The molecule has 0 spiro atoms. The standard InChI is InChI=1S/C9H11F4Si/c1-14(2,3)9(13)5-7(11)6(10)4-8(9)12/h4-5H,1-3H3. The molecule has 0 nitrogen and oxygen atoms in total. The average Bonchev–Trinajstić information content (AvgIpc) is 1.99. The van der Waals surface area contributed by atoms with Crippen LogP contribution in [0.4, 0.5) is 17.6 Å². The van der Waals surface area contributed by atoms with Crippen LogP contribution in [-0.2, 0) is 0 Å². The summed E-state index contributed by atoms with van der Waals surface area (Å²) in [6.45, 7) is 4.65. The van der Waals surface area contributed by atoms with E-state index in [1.807, 2.05) is 0 Å². The lowest BCUT2D eigenvalue weighted by Gasteiger charge is -2.35. The van der Waals surface area contributed by atoms with Gasteiger partial charge < -0.3 is 0 Å². The second-order valence-corrected chi connectivity index (χ2v) is 9.52. The summed E-state index contributed by atoms with van der Waals surface area (Å²) in [5, 5.41) is -2.44. The molecule has 0 aromatic carbocycles. The number of rotatable bonds is 1. The third kappa shape index (κ3) is 1.65. The Bertz CT molecular complexity index is 313. The molecule has 1 atom stereocenters. The van der Waals surface area contributed by atoms with Gasteiger partial charge in [-0.25, -0.2) is 17.6 Å². The van der Waals surface area contributed by atoms with E-state index in [0.717, 1.165) is 0 Å². The first-order chi connectivity index (χ1) is 6.18. The molecule has 0 N–H and O–H groups in total. The smallest absolute Gasteiger partial charge is 0.158 e. The molecule has 0 aromatic heterocycles. The summed E-state index contributed by atoms with van der Waals surface area (Å²) >= 11 is 0. The van der Waals surface area contributed by atoms with Crippen LogP contribution in [0.3, 0.4) is 0 Å². The summed E-state index contributed by atoms with van der Waals surface area (Å²) in [7, 11) is -2.62. The molecule has 0 amide bonds. The molecule has 0 aromatic rings. The van der Waals surface area contributed by atoms with Gasteiger partial charge in [0, 0.05) is 6.08 Å². The lowest BCUT2D eigenvalue weighted by molar-refractivity contribution is 0.286. The van der Waals surface area contributed by atoms with Gasteiger partial charge in [-0.15, -0.1) is 0 Å². The Balaban J connectivity index is 3.16. The monoisotopic (exact) mass is 223 g/mol. The van der Waals surface area contributed by atoms with E-state index in [4.69, 9.17) is 0 Å². The molecule has 0 bridgehead atoms. The average molecular weight is 223 g/mol. The van der Waals surface area contributed by atoms with Crippen LogP contribution in [0.25, 0.3) is 0 Å². The largest absolute Gasteiger partial charge is 0.240 e. The summed E-state index contributed by atoms with van der Waals surface area (Å²) in [5.41, 5.74) is 0. The van der Waals surface area contributed by atoms with Crippen molar-refractivity contribution < 1.29 is 17.6 Å². The van der Waals surface area contributed by atoms with E-state index in [1.165, 1.54) is 0 Å². The lowest BCUT2D eigenvalue weighted by atomic mass is 10.1. The number of allylic oxidation sites excluding steroid dienone is 4. The van der Waals surface area contributed by atoms with Crippen LogP contribution in [0.5, 0.6) is 0 Å². The van der Waals surface area contributed by atoms with Gasteiger partial charge in [0.2, 0.25) is 0 Å². The third-order valence-electron chi connectivity index (χ3n) is 2.25. The molecule has 79 valence electrons. The lowest BCUT2D eigenvalue weighted by Crippen LogP contribution is -2.50. The van der Waals surface area contributed by atoms with Crippen molar-refractivity contribution in [1.29, 1.82) is 0 Å². The Morgan fingerprint density at radius 1 is 1.07 bits per heavy atom. The first kappa shape index (κ1) is 11.5. The molecule has 0 fully saturated rings. The van der Waals surface area contributed by atoms with Gasteiger partial charge in [-0.05, 0) is 0 Å². The number of halogens is 4. The van der Waals surface area contributed by atoms with Gasteiger partial charge in [0.15, 0.2) is 11.1 Å². The summed E-state index contributed by atoms with van der Waals surface area (Å²) in [4.78, 5) is 0. The van der Waals surface area contributed by atoms with E-state index in [2.05, 4.69) is 0 Å². The van der Waals surface area contributed by atoms with Crippen LogP contribution in [0.1, 0.15) is 0 Å². The summed E-state index contributed by atoms with van der Waals surface area (Å²) in [5.74, 6) is -3.92. The molecule has 0 heterocycles. The highest BCUT2D eigenvalue weighted by molar-refractivity contribution is 6.80. The fourth-order valence-electron chi connectivity index (χ4n) is 1.17. The molecule has 1 radical (unpaired) electrons. The van der Waals surface area contributed by atoms with Crippen molar-refractivity contribution in [3.63, 3.8) is 0 Å². The third-order valence-corrected chi connectivity index (χ3v) is 4.81. The molecule has 1 aliphatic carbocycles. The molecular weight excluding hydrogens is 212 g/mol. The van der Waals surface area contributed by atoms with Crippen molar-refractivity contribution in [3.8, 4) is 0 Å². The predicted molar refractivity (Wildman–Crippen MR) is 49.9 cm³/mol. The minimum Gasteiger partial charge on any atom is -0.240 e. The van der Waals surface area contributed by atoms with Gasteiger partial charge in [-0.1, -0.05) is 19.6 Å². The maximum atomic E-state index is 14.0. The summed E-state index contributed by atoms with van der Waals surface area (Å²) in [6.07, 6.45) is 0.692. The molecule has 1 unspecified atom stereocenters. The highest BCUT2D eigenvalue weighted by atomic mass is 28.3. The zero-order valence-corrected chi connectivity index (χ0v) is 9.17. The molecule has 0 saturated heterocycles. The van der Waals surface area contributed by atoms with Gasteiger partial charge in [-0.2, -0.15) is 0 Å². The van der Waals surface area contributed by atoms with Crippen molar-refractivity contribution in [2.75, 3.05) is 0 Å². The Morgan fingerprint density at radius 3 is 2.00 bits per heavy atom. The fourth-order valence-corrected chi connectivity index (χ4v) is 2.52. The zero-order chi connectivity index (χ0) is 11.1. The Labute approximate surface area is 81.3 Å². The second kappa shape index (κ2) is 3.22. The van der Waals surface area contributed by atoms with Gasteiger partial charge in [0.1, 0.15) is 11.7 Å². The van der Waals surface area contributed by atoms with Crippen LogP contribution < -0.4 is 0 Å². The Morgan fingerprint density at radius 2 is 1.57 bits per heavy atom. The topological polar surface area (TPSA) is 0 Å². The fraction of sp³-hybridized carbons (Fsp3) is 0.444. The van der Waals surface area contributed by atoms with Crippen molar-refractivity contribution in [1.82, 2.24) is 0 Å². The SMILES string of the molecule is C[Si](C)(C)C1(F)[CH]C(F)=C(F)C=C1F. The minimum atomic E-state index is -2.62. The minimum absolute atomic E-state index is 0.285. The van der Waals surface area contributed by atoms with E-state index >= 15 is 0 Å². The molecule has 14 heavy (non-hydrogen) atoms. The summed E-state index contributed by atoms with van der Waals surface area (Å²) < 4.78 is 52.6. The predicted octanol–water partition coefficient (Wildman–Crippen LogP) is 3.79. The van der Waals surface area contributed by atoms with Crippen molar-refractivity contribution in [3.05, 3.63) is 30.0 Å². The van der Waals surface area contributed by atoms with Crippen molar-refractivity contribution in [2.24, 2.45) is 0 Å². The van der Waals surface area contributed by atoms with Crippen LogP contribution in [0.2, 0.25) is 19.6 Å². The van der Waals surface area contributed by atoms with Gasteiger partial charge >= 0.3 is 0 Å². The number of hydrogen-bond donors (Lipinski definition) is 0. The molecule has 0 aliphatic heterocycles. The molecular formula is C9H11F4Si. The van der Waals surface area contributed by atoms with Gasteiger partial charge in [0.25, 0.3) is 0 Å². The molecule has 1 aliphatic rings. The maximum Gasteiger partial charge on any atom is 0.158 e. The van der Waals surface area contributed by atoms with Crippen molar-refractivity contribution >= 4 is 8.07 Å². The normalized spacial score (nSPS) is 29.2. The molecule has 0 saturated carbocycles. The zero-order valence-electron chi connectivity index (χ0n) is 8.17. The van der Waals surface area contributed by atoms with Crippen LogP contribution in [0.15, 0.2) is 23.6 Å². The first-order valence-electron chi connectivity index (χ1n) is 4.16. The van der Waals surface area contributed by atoms with E-state index in [9.17, 15) is 17.6 Å². The van der Waals surface area contributed by atoms with Gasteiger partial charge in [-0.3, -0.25) is 0 Å². The second-order valence-electron chi connectivity index (χ2n) is 4.29. The van der Waals surface area contributed by atoms with E-state index in [1.54, 1.807) is 19.6 Å². The quantitative estimate of drug-likeness (QED) is 0.468. The van der Waals surface area contributed by atoms with Crippen LogP contribution >= 0.6 is 0 Å². The van der Waals surface area contributed by atoms with Gasteiger partial charge in [0.05, 0.1) is 14.5 Å². The van der Waals surface area contributed by atoms with Crippen LogP contribution in [-0.4, -0.2) is 13.4 Å². The first-order valence-corrected chi connectivity index (χ1v) is 7.66. The molecule has 5 heteroatoms. The Hall–Kier alpha value is -0.583. The summed E-state index contributed by atoms with van der Waals surface area (Å²) in [6, 6.07) is 0. The number of hydrogen-bond acceptors (Lipinski definition) is 0. The Kier molecular flexibility index (Phi) is 2.64. The van der Waals surface area contributed by atoms with E-state index < -0.39 is 30.8 Å². The van der Waals surface area contributed by atoms with Crippen LogP contribution in [0, 0.1) is 6.42 Å². The van der Waals surface area contributed by atoms with E-state index in [-0.39, 0.29) is 6.08 Å². The van der Waals surface area contributed by atoms with Crippen molar-refractivity contribution in [2.45, 2.75) is 24.9 Å². The number of alkyl halides is 1.